The van der Waals surface area contributed by atoms with E-state index in [1.54, 1.807) is 12.1 Å². The molecule has 2 aromatic carbocycles. The smallest absolute Gasteiger partial charge is 0.123 e. The van der Waals surface area contributed by atoms with Crippen LogP contribution in [0.1, 0.15) is 16.7 Å². The Kier molecular flexibility index (Phi) is 3.66. The molecule has 0 aliphatic heterocycles. The number of aliphatic imine (C=N–C) groups is 1. The molecule has 1 nitrogen and oxygen atoms in total. The molecule has 0 fully saturated rings. The summed E-state index contributed by atoms with van der Waals surface area (Å²) in [6.07, 6.45) is 1.84. The second-order valence-electron chi connectivity index (χ2n) is 4.01. The average Bonchev–Trinajstić information content (AvgIpc) is 2.34. The Morgan fingerprint density at radius 1 is 1.00 bits per heavy atom. The summed E-state index contributed by atoms with van der Waals surface area (Å²) >= 11 is 0. The first-order valence-corrected chi connectivity index (χ1v) is 5.55. The van der Waals surface area contributed by atoms with Gasteiger partial charge in [-0.2, -0.15) is 0 Å². The summed E-state index contributed by atoms with van der Waals surface area (Å²) in [5.74, 6) is -0.212. The van der Waals surface area contributed by atoms with Crippen molar-refractivity contribution in [1.82, 2.24) is 0 Å². The predicted molar refractivity (Wildman–Crippen MR) is 68.9 cm³/mol. The van der Waals surface area contributed by atoms with E-state index in [4.69, 9.17) is 0 Å². The van der Waals surface area contributed by atoms with Crippen LogP contribution >= 0.6 is 0 Å². The maximum absolute atomic E-state index is 12.7. The molecular formula is C15H14FN. The zero-order valence-corrected chi connectivity index (χ0v) is 9.73. The molecule has 0 aliphatic rings. The number of halogens is 1. The molecule has 0 spiro atoms. The maximum atomic E-state index is 12.7. The molecule has 0 unspecified atom stereocenters. The van der Waals surface area contributed by atoms with Crippen molar-refractivity contribution >= 4 is 6.21 Å². The zero-order chi connectivity index (χ0) is 12.1. The second kappa shape index (κ2) is 5.39. The minimum absolute atomic E-state index is 0.212. The maximum Gasteiger partial charge on any atom is 0.123 e. The third-order valence-corrected chi connectivity index (χ3v) is 2.50. The van der Waals surface area contributed by atoms with Crippen molar-refractivity contribution in [2.45, 2.75) is 13.5 Å². The van der Waals surface area contributed by atoms with Crippen molar-refractivity contribution in [1.29, 1.82) is 0 Å². The Bertz CT molecular complexity index is 497. The summed E-state index contributed by atoms with van der Waals surface area (Å²) in [4.78, 5) is 4.32. The molecule has 2 aromatic rings. The Balaban J connectivity index is 1.97. The number of aryl methyl sites for hydroxylation is 1. The van der Waals surface area contributed by atoms with Gasteiger partial charge in [-0.1, -0.05) is 42.0 Å². The SMILES string of the molecule is Cc1ccc(/C=N/Cc2ccc(F)cc2)cc1. The average molecular weight is 227 g/mol. The van der Waals surface area contributed by atoms with Crippen LogP contribution in [-0.2, 0) is 6.54 Å². The molecule has 0 saturated heterocycles. The van der Waals surface area contributed by atoms with Gasteiger partial charge < -0.3 is 0 Å². The Hall–Kier alpha value is -1.96. The summed E-state index contributed by atoms with van der Waals surface area (Å²) in [5, 5.41) is 0. The van der Waals surface area contributed by atoms with E-state index < -0.39 is 0 Å². The van der Waals surface area contributed by atoms with Crippen molar-refractivity contribution in [3.8, 4) is 0 Å². The normalized spacial score (nSPS) is 10.9. The first kappa shape index (κ1) is 11.5. The van der Waals surface area contributed by atoms with Gasteiger partial charge in [0.05, 0.1) is 6.54 Å². The van der Waals surface area contributed by atoms with Crippen LogP contribution in [0.5, 0.6) is 0 Å². The molecule has 17 heavy (non-hydrogen) atoms. The molecule has 0 aromatic heterocycles. The summed E-state index contributed by atoms with van der Waals surface area (Å²) < 4.78 is 12.7. The molecule has 0 radical (unpaired) electrons. The lowest BCUT2D eigenvalue weighted by Crippen LogP contribution is -1.85. The van der Waals surface area contributed by atoms with E-state index in [1.807, 2.05) is 18.3 Å². The lowest BCUT2D eigenvalue weighted by molar-refractivity contribution is 0.627. The fourth-order valence-corrected chi connectivity index (χ4v) is 1.50. The van der Waals surface area contributed by atoms with Gasteiger partial charge >= 0.3 is 0 Å². The van der Waals surface area contributed by atoms with Crippen LogP contribution in [0.3, 0.4) is 0 Å². The molecular weight excluding hydrogens is 213 g/mol. The van der Waals surface area contributed by atoms with Crippen molar-refractivity contribution in [3.63, 3.8) is 0 Å². The van der Waals surface area contributed by atoms with Crippen molar-refractivity contribution in [3.05, 3.63) is 71.0 Å². The van der Waals surface area contributed by atoms with Gasteiger partial charge in [0.15, 0.2) is 0 Å². The number of rotatable bonds is 3. The van der Waals surface area contributed by atoms with Crippen LogP contribution in [0.25, 0.3) is 0 Å². The highest BCUT2D eigenvalue weighted by Gasteiger charge is 1.92. The van der Waals surface area contributed by atoms with Gasteiger partial charge in [0.2, 0.25) is 0 Å². The monoisotopic (exact) mass is 227 g/mol. The molecule has 0 aliphatic carbocycles. The van der Waals surface area contributed by atoms with Crippen LogP contribution in [0.2, 0.25) is 0 Å². The predicted octanol–water partition coefficient (Wildman–Crippen LogP) is 3.75. The van der Waals surface area contributed by atoms with Crippen LogP contribution in [0.4, 0.5) is 4.39 Å². The molecule has 0 amide bonds. The second-order valence-corrected chi connectivity index (χ2v) is 4.01. The summed E-state index contributed by atoms with van der Waals surface area (Å²) in [6, 6.07) is 14.6. The van der Waals surface area contributed by atoms with Gasteiger partial charge in [-0.3, -0.25) is 4.99 Å². The van der Waals surface area contributed by atoms with Crippen LogP contribution < -0.4 is 0 Å². The highest BCUT2D eigenvalue weighted by atomic mass is 19.1. The van der Waals surface area contributed by atoms with E-state index in [1.165, 1.54) is 17.7 Å². The van der Waals surface area contributed by atoms with Gasteiger partial charge in [0.25, 0.3) is 0 Å². The lowest BCUT2D eigenvalue weighted by Gasteiger charge is -1.97. The quantitative estimate of drug-likeness (QED) is 0.708. The largest absolute Gasteiger partial charge is 0.288 e. The first-order valence-electron chi connectivity index (χ1n) is 5.55. The minimum atomic E-state index is -0.212. The molecule has 0 N–H and O–H groups in total. The van der Waals surface area contributed by atoms with E-state index in [-0.39, 0.29) is 5.82 Å². The first-order chi connectivity index (χ1) is 8.24. The van der Waals surface area contributed by atoms with Crippen molar-refractivity contribution in [2.24, 2.45) is 4.99 Å². The number of hydrogen-bond donors (Lipinski definition) is 0. The molecule has 0 atom stereocenters. The number of nitrogens with zero attached hydrogens (tertiary/aromatic N) is 1. The third-order valence-electron chi connectivity index (χ3n) is 2.50. The van der Waals surface area contributed by atoms with E-state index in [0.29, 0.717) is 6.54 Å². The highest BCUT2D eigenvalue weighted by molar-refractivity contribution is 5.79. The van der Waals surface area contributed by atoms with E-state index in [9.17, 15) is 4.39 Å². The number of hydrogen-bond acceptors (Lipinski definition) is 1. The van der Waals surface area contributed by atoms with Gasteiger partial charge in [0, 0.05) is 6.21 Å². The highest BCUT2D eigenvalue weighted by Crippen LogP contribution is 2.05. The van der Waals surface area contributed by atoms with Crippen LogP contribution in [-0.4, -0.2) is 6.21 Å². The van der Waals surface area contributed by atoms with E-state index in [0.717, 1.165) is 11.1 Å². The third kappa shape index (κ3) is 3.52. The zero-order valence-electron chi connectivity index (χ0n) is 9.73. The van der Waals surface area contributed by atoms with E-state index >= 15 is 0 Å². The van der Waals surface area contributed by atoms with Gasteiger partial charge in [0.1, 0.15) is 5.82 Å². The Morgan fingerprint density at radius 3 is 2.29 bits per heavy atom. The van der Waals surface area contributed by atoms with Crippen molar-refractivity contribution in [2.75, 3.05) is 0 Å². The number of benzene rings is 2. The van der Waals surface area contributed by atoms with Gasteiger partial charge in [-0.15, -0.1) is 0 Å². The molecule has 0 bridgehead atoms. The van der Waals surface area contributed by atoms with Crippen molar-refractivity contribution < 1.29 is 4.39 Å². The molecule has 2 heteroatoms. The Morgan fingerprint density at radius 2 is 1.65 bits per heavy atom. The fraction of sp³-hybridized carbons (Fsp3) is 0.133. The minimum Gasteiger partial charge on any atom is -0.288 e. The lowest BCUT2D eigenvalue weighted by atomic mass is 10.2. The van der Waals surface area contributed by atoms with Gasteiger partial charge in [-0.25, -0.2) is 4.39 Å². The molecule has 2 rings (SSSR count). The summed E-state index contributed by atoms with van der Waals surface area (Å²) in [6.45, 7) is 2.63. The summed E-state index contributed by atoms with van der Waals surface area (Å²) in [7, 11) is 0. The fourth-order valence-electron chi connectivity index (χ4n) is 1.50. The van der Waals surface area contributed by atoms with E-state index in [2.05, 4.69) is 24.0 Å². The van der Waals surface area contributed by atoms with Crippen LogP contribution in [0.15, 0.2) is 53.5 Å². The molecule has 0 heterocycles. The summed E-state index contributed by atoms with van der Waals surface area (Å²) in [5.41, 5.74) is 3.33. The standard InChI is InChI=1S/C15H14FN/c1-12-2-4-13(5-3-12)10-17-11-14-6-8-15(16)9-7-14/h2-10H,11H2,1H3/b17-10+. The van der Waals surface area contributed by atoms with Crippen LogP contribution in [0, 0.1) is 12.7 Å². The van der Waals surface area contributed by atoms with Gasteiger partial charge in [-0.05, 0) is 30.2 Å². The molecule has 0 saturated carbocycles. The topological polar surface area (TPSA) is 12.4 Å². The Labute approximate surface area is 101 Å². The molecule has 86 valence electrons.